The van der Waals surface area contributed by atoms with Crippen LogP contribution in [0.5, 0.6) is 0 Å². The lowest BCUT2D eigenvalue weighted by Crippen LogP contribution is -2.45. The lowest BCUT2D eigenvalue weighted by molar-refractivity contribution is -0.118. The van der Waals surface area contributed by atoms with E-state index in [0.717, 1.165) is 5.56 Å². The van der Waals surface area contributed by atoms with E-state index >= 15 is 0 Å². The van der Waals surface area contributed by atoms with Gasteiger partial charge in [-0.05, 0) is 35.9 Å². The van der Waals surface area contributed by atoms with Crippen molar-refractivity contribution in [1.29, 1.82) is 0 Å². The number of carbonyl (C=O) groups is 2. The molecule has 0 aliphatic carbocycles. The number of nitrogens with zero attached hydrogens (tertiary/aromatic N) is 3. The van der Waals surface area contributed by atoms with Gasteiger partial charge in [0.05, 0.1) is 18.1 Å². The van der Waals surface area contributed by atoms with Gasteiger partial charge in [0, 0.05) is 18.8 Å². The molecule has 0 saturated heterocycles. The normalized spacial score (nSPS) is 11.6. The quantitative estimate of drug-likeness (QED) is 0.496. The number of carbonyl (C=O) groups excluding carboxylic acids is 2. The summed E-state index contributed by atoms with van der Waals surface area (Å²) < 4.78 is 6.75. The molecule has 1 unspecified atom stereocenters. The van der Waals surface area contributed by atoms with Gasteiger partial charge in [0.25, 0.3) is 5.91 Å². The minimum atomic E-state index is -0.796. The molecule has 2 N–H and O–H groups in total. The van der Waals surface area contributed by atoms with Crippen molar-refractivity contribution in [1.82, 2.24) is 20.1 Å². The van der Waals surface area contributed by atoms with Crippen molar-refractivity contribution in [3.8, 4) is 5.82 Å². The summed E-state index contributed by atoms with van der Waals surface area (Å²) in [5, 5.41) is 9.67. The molecule has 0 saturated carbocycles. The van der Waals surface area contributed by atoms with Crippen molar-refractivity contribution in [3.05, 3.63) is 96.8 Å². The summed E-state index contributed by atoms with van der Waals surface area (Å²) in [5.41, 5.74) is 1.44. The van der Waals surface area contributed by atoms with E-state index in [-0.39, 0.29) is 11.7 Å². The van der Waals surface area contributed by atoms with Gasteiger partial charge in [0.1, 0.15) is 6.04 Å². The van der Waals surface area contributed by atoms with Crippen LogP contribution in [0.1, 0.15) is 16.1 Å². The highest BCUT2D eigenvalue weighted by atomic mass is 16.3. The summed E-state index contributed by atoms with van der Waals surface area (Å²) in [6.45, 7) is 0. The van der Waals surface area contributed by atoms with E-state index in [0.29, 0.717) is 17.9 Å². The van der Waals surface area contributed by atoms with Gasteiger partial charge in [-0.3, -0.25) is 9.59 Å². The summed E-state index contributed by atoms with van der Waals surface area (Å²) in [7, 11) is 0. The standard InChI is InChI=1S/C22H19N5O3/c28-21(25-17-9-10-20(23-15-17)27-12-5-11-24-27)18(14-16-6-2-1-3-7-16)26-22(29)19-8-4-13-30-19/h1-13,15,18H,14H2,(H,25,28)(H,26,29). The molecule has 0 aliphatic rings. The smallest absolute Gasteiger partial charge is 0.287 e. The predicted octanol–water partition coefficient (Wildman–Crippen LogP) is 2.84. The van der Waals surface area contributed by atoms with Crippen molar-refractivity contribution in [2.75, 3.05) is 5.32 Å². The van der Waals surface area contributed by atoms with Crippen LogP contribution in [-0.2, 0) is 11.2 Å². The summed E-state index contributed by atoms with van der Waals surface area (Å²) >= 11 is 0. The van der Waals surface area contributed by atoms with E-state index in [2.05, 4.69) is 20.7 Å². The number of furan rings is 1. The Morgan fingerprint density at radius 2 is 1.90 bits per heavy atom. The van der Waals surface area contributed by atoms with Crippen LogP contribution in [0.2, 0.25) is 0 Å². The second kappa shape index (κ2) is 8.87. The molecular formula is C22H19N5O3. The summed E-state index contributed by atoms with van der Waals surface area (Å²) in [5.74, 6) is -0.0355. The number of benzene rings is 1. The molecule has 3 heterocycles. The Bertz CT molecular complexity index is 1090. The predicted molar refractivity (Wildman–Crippen MR) is 110 cm³/mol. The van der Waals surface area contributed by atoms with Crippen LogP contribution in [0.15, 0.2) is 89.9 Å². The summed E-state index contributed by atoms with van der Waals surface area (Å²) in [6.07, 6.45) is 6.72. The first-order valence-electron chi connectivity index (χ1n) is 9.34. The Balaban J connectivity index is 1.48. The first-order chi connectivity index (χ1) is 14.7. The van der Waals surface area contributed by atoms with E-state index in [9.17, 15) is 9.59 Å². The van der Waals surface area contributed by atoms with Crippen LogP contribution in [-0.4, -0.2) is 32.6 Å². The molecule has 30 heavy (non-hydrogen) atoms. The molecule has 0 bridgehead atoms. The number of pyridine rings is 1. The third-order valence-corrected chi connectivity index (χ3v) is 4.40. The van der Waals surface area contributed by atoms with Crippen LogP contribution in [0, 0.1) is 0 Å². The maximum atomic E-state index is 12.9. The highest BCUT2D eigenvalue weighted by Crippen LogP contribution is 2.12. The molecular weight excluding hydrogens is 382 g/mol. The first-order valence-corrected chi connectivity index (χ1v) is 9.34. The van der Waals surface area contributed by atoms with Crippen LogP contribution in [0.4, 0.5) is 5.69 Å². The lowest BCUT2D eigenvalue weighted by Gasteiger charge is -2.18. The van der Waals surface area contributed by atoms with Crippen molar-refractivity contribution in [3.63, 3.8) is 0 Å². The zero-order valence-corrected chi connectivity index (χ0v) is 15.9. The molecule has 0 radical (unpaired) electrons. The van der Waals surface area contributed by atoms with Gasteiger partial charge in [0.15, 0.2) is 11.6 Å². The number of nitrogens with one attached hydrogen (secondary N) is 2. The Hall–Kier alpha value is -4.20. The van der Waals surface area contributed by atoms with Crippen LogP contribution < -0.4 is 10.6 Å². The Labute approximate surface area is 172 Å². The minimum Gasteiger partial charge on any atom is -0.459 e. The fraction of sp³-hybridized carbons (Fsp3) is 0.0909. The average molecular weight is 401 g/mol. The third-order valence-electron chi connectivity index (χ3n) is 4.40. The molecule has 1 aromatic carbocycles. The largest absolute Gasteiger partial charge is 0.459 e. The molecule has 1 atom stereocenters. The van der Waals surface area contributed by atoms with Crippen LogP contribution in [0.25, 0.3) is 5.82 Å². The molecule has 4 rings (SSSR count). The van der Waals surface area contributed by atoms with Gasteiger partial charge < -0.3 is 15.1 Å². The Kier molecular flexibility index (Phi) is 5.66. The van der Waals surface area contributed by atoms with Gasteiger partial charge in [-0.15, -0.1) is 0 Å². The van der Waals surface area contributed by atoms with E-state index < -0.39 is 11.9 Å². The van der Waals surface area contributed by atoms with Crippen molar-refractivity contribution >= 4 is 17.5 Å². The van der Waals surface area contributed by atoms with Gasteiger partial charge in [-0.2, -0.15) is 5.10 Å². The number of rotatable bonds is 7. The van der Waals surface area contributed by atoms with Gasteiger partial charge >= 0.3 is 0 Å². The second-order valence-electron chi connectivity index (χ2n) is 6.54. The fourth-order valence-corrected chi connectivity index (χ4v) is 2.93. The topological polar surface area (TPSA) is 102 Å². The maximum absolute atomic E-state index is 12.9. The highest BCUT2D eigenvalue weighted by Gasteiger charge is 2.23. The number of hydrogen-bond donors (Lipinski definition) is 2. The molecule has 4 aromatic rings. The van der Waals surface area contributed by atoms with Gasteiger partial charge in [-0.1, -0.05) is 30.3 Å². The molecule has 3 aromatic heterocycles. The summed E-state index contributed by atoms with van der Waals surface area (Å²) in [4.78, 5) is 29.7. The summed E-state index contributed by atoms with van der Waals surface area (Å²) in [6, 6.07) is 17.1. The third kappa shape index (κ3) is 4.61. The number of aromatic nitrogens is 3. The minimum absolute atomic E-state index is 0.145. The molecule has 0 aliphatic heterocycles. The Morgan fingerprint density at radius 1 is 1.03 bits per heavy atom. The van der Waals surface area contributed by atoms with E-state index in [1.807, 2.05) is 30.3 Å². The first kappa shape index (κ1) is 19.1. The molecule has 0 spiro atoms. The maximum Gasteiger partial charge on any atom is 0.287 e. The second-order valence-corrected chi connectivity index (χ2v) is 6.54. The van der Waals surface area contributed by atoms with Crippen molar-refractivity contribution in [2.45, 2.75) is 12.5 Å². The van der Waals surface area contributed by atoms with Crippen LogP contribution >= 0.6 is 0 Å². The Morgan fingerprint density at radius 3 is 2.57 bits per heavy atom. The van der Waals surface area contributed by atoms with E-state index in [1.165, 1.54) is 6.26 Å². The average Bonchev–Trinajstić information content (AvgIpc) is 3.49. The SMILES string of the molecule is O=C(NC(Cc1ccccc1)C(=O)Nc1ccc(-n2cccn2)nc1)c1ccco1. The molecule has 0 fully saturated rings. The van der Waals surface area contributed by atoms with E-state index in [4.69, 9.17) is 4.42 Å². The monoisotopic (exact) mass is 401 g/mol. The highest BCUT2D eigenvalue weighted by molar-refractivity contribution is 6.00. The van der Waals surface area contributed by atoms with Crippen LogP contribution in [0.3, 0.4) is 0 Å². The molecule has 8 heteroatoms. The number of anilines is 1. The molecule has 2 amide bonds. The fourth-order valence-electron chi connectivity index (χ4n) is 2.93. The zero-order chi connectivity index (χ0) is 20.8. The van der Waals surface area contributed by atoms with E-state index in [1.54, 1.807) is 53.6 Å². The van der Waals surface area contributed by atoms with Crippen molar-refractivity contribution in [2.24, 2.45) is 0 Å². The molecule has 150 valence electrons. The number of hydrogen-bond acceptors (Lipinski definition) is 5. The van der Waals surface area contributed by atoms with Crippen molar-refractivity contribution < 1.29 is 14.0 Å². The zero-order valence-electron chi connectivity index (χ0n) is 15.9. The number of amides is 2. The van der Waals surface area contributed by atoms with Gasteiger partial charge in [0.2, 0.25) is 5.91 Å². The lowest BCUT2D eigenvalue weighted by atomic mass is 10.0. The van der Waals surface area contributed by atoms with Gasteiger partial charge in [-0.25, -0.2) is 9.67 Å². The molecule has 8 nitrogen and oxygen atoms in total.